The molecule has 0 fully saturated rings. The number of nitrogens with two attached hydrogens (primary N) is 1. The van der Waals surface area contributed by atoms with Crippen LogP contribution >= 0.6 is 0 Å². The van der Waals surface area contributed by atoms with E-state index < -0.39 is 0 Å². The number of amides is 1. The van der Waals surface area contributed by atoms with Crippen LogP contribution in [0.2, 0.25) is 0 Å². The molecule has 0 saturated carbocycles. The van der Waals surface area contributed by atoms with E-state index in [1.165, 1.54) is 0 Å². The number of pyridine rings is 1. The van der Waals surface area contributed by atoms with E-state index in [9.17, 15) is 4.79 Å². The zero-order chi connectivity index (χ0) is 13.8. The highest BCUT2D eigenvalue weighted by molar-refractivity contribution is 5.94. The van der Waals surface area contributed by atoms with Gasteiger partial charge in [-0.3, -0.25) is 9.78 Å². The lowest BCUT2D eigenvalue weighted by Gasteiger charge is -2.10. The molecule has 2 rings (SSSR count). The Bertz CT molecular complexity index is 580. The van der Waals surface area contributed by atoms with Crippen LogP contribution < -0.4 is 11.1 Å². The van der Waals surface area contributed by atoms with Gasteiger partial charge in [-0.15, -0.1) is 0 Å². The van der Waals surface area contributed by atoms with Crippen molar-refractivity contribution in [3.05, 3.63) is 47.4 Å². The SMILES string of the molecule is Cc1cnc(C(C)NC(=O)c2ccnc(CN)c2)o1. The van der Waals surface area contributed by atoms with Gasteiger partial charge in [0.1, 0.15) is 11.8 Å². The molecular formula is C13H16N4O2. The summed E-state index contributed by atoms with van der Waals surface area (Å²) in [6, 6.07) is 3.01. The van der Waals surface area contributed by atoms with Gasteiger partial charge < -0.3 is 15.5 Å². The maximum atomic E-state index is 12.1. The number of aryl methyl sites for hydroxylation is 1. The standard InChI is InChI=1S/C13H16N4O2/c1-8-7-16-13(19-8)9(2)17-12(18)10-3-4-15-11(5-10)6-14/h3-5,7,9H,6,14H2,1-2H3,(H,17,18). The Morgan fingerprint density at radius 1 is 1.53 bits per heavy atom. The Morgan fingerprint density at radius 3 is 2.95 bits per heavy atom. The van der Waals surface area contributed by atoms with Crippen LogP contribution in [0.5, 0.6) is 0 Å². The second-order valence-electron chi connectivity index (χ2n) is 4.24. The van der Waals surface area contributed by atoms with Crippen molar-refractivity contribution in [1.82, 2.24) is 15.3 Å². The lowest BCUT2D eigenvalue weighted by Crippen LogP contribution is -2.27. The van der Waals surface area contributed by atoms with Crippen LogP contribution in [-0.4, -0.2) is 15.9 Å². The third-order valence-corrected chi connectivity index (χ3v) is 2.65. The van der Waals surface area contributed by atoms with E-state index in [4.69, 9.17) is 10.2 Å². The number of carbonyl (C=O) groups excluding carboxylic acids is 1. The van der Waals surface area contributed by atoms with Crippen LogP contribution in [0.25, 0.3) is 0 Å². The van der Waals surface area contributed by atoms with Crippen LogP contribution in [0, 0.1) is 6.92 Å². The second-order valence-corrected chi connectivity index (χ2v) is 4.24. The van der Waals surface area contributed by atoms with Crippen molar-refractivity contribution in [2.75, 3.05) is 0 Å². The predicted molar refractivity (Wildman–Crippen MR) is 69.2 cm³/mol. The molecule has 0 bridgehead atoms. The second kappa shape index (κ2) is 5.62. The molecule has 0 aliphatic rings. The van der Waals surface area contributed by atoms with Gasteiger partial charge in [0.15, 0.2) is 0 Å². The van der Waals surface area contributed by atoms with Crippen LogP contribution in [-0.2, 0) is 6.54 Å². The molecule has 1 unspecified atom stereocenters. The first kappa shape index (κ1) is 13.2. The van der Waals surface area contributed by atoms with E-state index in [0.717, 1.165) is 0 Å². The van der Waals surface area contributed by atoms with Crippen LogP contribution in [0.4, 0.5) is 0 Å². The zero-order valence-corrected chi connectivity index (χ0v) is 10.9. The van der Waals surface area contributed by atoms with E-state index in [2.05, 4.69) is 15.3 Å². The molecule has 19 heavy (non-hydrogen) atoms. The molecule has 1 atom stereocenters. The third-order valence-electron chi connectivity index (χ3n) is 2.65. The first-order valence-corrected chi connectivity index (χ1v) is 5.98. The fourth-order valence-electron chi connectivity index (χ4n) is 1.65. The minimum absolute atomic E-state index is 0.208. The van der Waals surface area contributed by atoms with E-state index in [-0.39, 0.29) is 11.9 Å². The number of oxazole rings is 1. The fourth-order valence-corrected chi connectivity index (χ4v) is 1.65. The summed E-state index contributed by atoms with van der Waals surface area (Å²) in [5, 5.41) is 2.81. The Balaban J connectivity index is 2.08. The average molecular weight is 260 g/mol. The molecular weight excluding hydrogens is 244 g/mol. The van der Waals surface area contributed by atoms with Crippen molar-refractivity contribution in [1.29, 1.82) is 0 Å². The van der Waals surface area contributed by atoms with Gasteiger partial charge in [-0.2, -0.15) is 0 Å². The van der Waals surface area contributed by atoms with Gasteiger partial charge in [-0.05, 0) is 26.0 Å². The number of nitrogens with zero attached hydrogens (tertiary/aromatic N) is 2. The quantitative estimate of drug-likeness (QED) is 0.864. The molecule has 1 amide bonds. The van der Waals surface area contributed by atoms with Gasteiger partial charge in [0.25, 0.3) is 5.91 Å². The van der Waals surface area contributed by atoms with Crippen LogP contribution in [0.3, 0.4) is 0 Å². The first-order valence-electron chi connectivity index (χ1n) is 5.98. The van der Waals surface area contributed by atoms with Crippen LogP contribution in [0.15, 0.2) is 28.9 Å². The number of nitrogens with one attached hydrogen (secondary N) is 1. The van der Waals surface area contributed by atoms with E-state index >= 15 is 0 Å². The van der Waals surface area contributed by atoms with Crippen molar-refractivity contribution in [2.24, 2.45) is 5.73 Å². The minimum Gasteiger partial charge on any atom is -0.444 e. The molecule has 2 heterocycles. The fraction of sp³-hybridized carbons (Fsp3) is 0.308. The average Bonchev–Trinajstić information content (AvgIpc) is 2.85. The van der Waals surface area contributed by atoms with Crippen LogP contribution in [0.1, 0.15) is 40.7 Å². The summed E-state index contributed by atoms with van der Waals surface area (Å²) in [4.78, 5) is 20.2. The smallest absolute Gasteiger partial charge is 0.252 e. The largest absolute Gasteiger partial charge is 0.444 e. The minimum atomic E-state index is -0.296. The van der Waals surface area contributed by atoms with Gasteiger partial charge in [-0.1, -0.05) is 0 Å². The highest BCUT2D eigenvalue weighted by Gasteiger charge is 2.15. The molecule has 6 heteroatoms. The molecule has 2 aromatic rings. The van der Waals surface area contributed by atoms with Gasteiger partial charge in [-0.25, -0.2) is 4.98 Å². The lowest BCUT2D eigenvalue weighted by atomic mass is 10.2. The molecule has 2 aromatic heterocycles. The lowest BCUT2D eigenvalue weighted by molar-refractivity contribution is 0.0933. The number of aromatic nitrogens is 2. The van der Waals surface area contributed by atoms with E-state index in [1.54, 1.807) is 31.5 Å². The summed E-state index contributed by atoms with van der Waals surface area (Å²) in [5.74, 6) is 0.991. The Kier molecular flexibility index (Phi) is 3.91. The summed E-state index contributed by atoms with van der Waals surface area (Å²) in [6.07, 6.45) is 3.19. The highest BCUT2D eigenvalue weighted by Crippen LogP contribution is 2.13. The topological polar surface area (TPSA) is 94.0 Å². The van der Waals surface area contributed by atoms with Gasteiger partial charge in [0.05, 0.1) is 11.9 Å². The highest BCUT2D eigenvalue weighted by atomic mass is 16.4. The number of hydrogen-bond acceptors (Lipinski definition) is 5. The third kappa shape index (κ3) is 3.17. The number of hydrogen-bond donors (Lipinski definition) is 2. The van der Waals surface area contributed by atoms with Crippen molar-refractivity contribution >= 4 is 5.91 Å². The molecule has 100 valence electrons. The Labute approximate surface area is 111 Å². The summed E-state index contributed by atoms with van der Waals surface area (Å²) in [5.41, 5.74) is 6.69. The zero-order valence-electron chi connectivity index (χ0n) is 10.9. The van der Waals surface area contributed by atoms with Gasteiger partial charge in [0, 0.05) is 18.3 Å². The maximum absolute atomic E-state index is 12.1. The summed E-state index contributed by atoms with van der Waals surface area (Å²) < 4.78 is 5.37. The van der Waals surface area contributed by atoms with E-state index in [1.807, 2.05) is 6.92 Å². The number of rotatable bonds is 4. The molecule has 0 aromatic carbocycles. The van der Waals surface area contributed by atoms with Crippen molar-refractivity contribution in [3.8, 4) is 0 Å². The molecule has 0 saturated heterocycles. The summed E-state index contributed by atoms with van der Waals surface area (Å²) in [7, 11) is 0. The normalized spacial score (nSPS) is 12.2. The molecule has 0 aliphatic carbocycles. The van der Waals surface area contributed by atoms with Crippen molar-refractivity contribution < 1.29 is 9.21 Å². The Hall–Kier alpha value is -2.21. The van der Waals surface area contributed by atoms with Crippen molar-refractivity contribution in [2.45, 2.75) is 26.4 Å². The van der Waals surface area contributed by atoms with E-state index in [0.29, 0.717) is 29.5 Å². The molecule has 0 radical (unpaired) electrons. The molecule has 3 N–H and O–H groups in total. The summed E-state index contributed by atoms with van der Waals surface area (Å²) in [6.45, 7) is 3.92. The van der Waals surface area contributed by atoms with Gasteiger partial charge in [0.2, 0.25) is 5.89 Å². The summed E-state index contributed by atoms with van der Waals surface area (Å²) >= 11 is 0. The molecule has 6 nitrogen and oxygen atoms in total. The predicted octanol–water partition coefficient (Wildman–Crippen LogP) is 1.33. The molecule has 0 spiro atoms. The monoisotopic (exact) mass is 260 g/mol. The number of carbonyl (C=O) groups is 1. The van der Waals surface area contributed by atoms with Gasteiger partial charge >= 0.3 is 0 Å². The molecule has 0 aliphatic heterocycles. The Morgan fingerprint density at radius 2 is 2.32 bits per heavy atom. The first-order chi connectivity index (χ1) is 9.10. The maximum Gasteiger partial charge on any atom is 0.252 e. The van der Waals surface area contributed by atoms with Crippen molar-refractivity contribution in [3.63, 3.8) is 0 Å².